The first-order chi connectivity index (χ1) is 4.99. The van der Waals surface area contributed by atoms with Gasteiger partial charge in [-0.25, -0.2) is 0 Å². The van der Waals surface area contributed by atoms with Crippen LogP contribution in [0.2, 0.25) is 0 Å². The van der Waals surface area contributed by atoms with Gasteiger partial charge in [0.05, 0.1) is 0 Å². The van der Waals surface area contributed by atoms with Gasteiger partial charge in [-0.15, -0.1) is 0 Å². The second kappa shape index (κ2) is 2.22. The molecule has 1 aliphatic rings. The summed E-state index contributed by atoms with van der Waals surface area (Å²) >= 11 is 0. The molecule has 0 unspecified atom stereocenters. The molecule has 0 aromatic heterocycles. The van der Waals surface area contributed by atoms with Gasteiger partial charge in [0.1, 0.15) is 0 Å². The third-order valence-corrected chi connectivity index (χ3v) is 2.09. The summed E-state index contributed by atoms with van der Waals surface area (Å²) in [4.78, 5) is 21.0. The van der Waals surface area contributed by atoms with Crippen LogP contribution in [0.3, 0.4) is 0 Å². The monoisotopic (exact) mass is 157 g/mol. The molecule has 61 valence electrons. The minimum absolute atomic E-state index is 0.0257. The lowest BCUT2D eigenvalue weighted by molar-refractivity contribution is -0.174. The van der Waals surface area contributed by atoms with E-state index >= 15 is 0 Å². The van der Waals surface area contributed by atoms with Crippen molar-refractivity contribution in [3.63, 3.8) is 0 Å². The van der Waals surface area contributed by atoms with Gasteiger partial charge in [-0.2, -0.15) is 0 Å². The highest BCUT2D eigenvalue weighted by Crippen LogP contribution is 2.45. The van der Waals surface area contributed by atoms with E-state index in [0.717, 1.165) is 0 Å². The minimum atomic E-state index is -1.54. The molecular weight excluding hydrogens is 148 g/mol. The van der Waals surface area contributed by atoms with Crippen LogP contribution < -0.4 is 0 Å². The van der Waals surface area contributed by atoms with E-state index in [1.165, 1.54) is 0 Å². The molecule has 1 aliphatic carbocycles. The topological polar surface area (TPSA) is 74.6 Å². The second-order valence-corrected chi connectivity index (χ2v) is 2.97. The predicted molar refractivity (Wildman–Crippen MR) is 35.8 cm³/mol. The summed E-state index contributed by atoms with van der Waals surface area (Å²) in [6.45, 7) is 3.58. The number of carboxylic acids is 2. The third-order valence-electron chi connectivity index (χ3n) is 2.09. The van der Waals surface area contributed by atoms with E-state index in [2.05, 4.69) is 6.92 Å². The van der Waals surface area contributed by atoms with Gasteiger partial charge in [0.15, 0.2) is 5.41 Å². The summed E-state index contributed by atoms with van der Waals surface area (Å²) in [5.74, 6) is -2.52. The molecule has 0 heterocycles. The Balaban J connectivity index is 2.77. The van der Waals surface area contributed by atoms with Gasteiger partial charge < -0.3 is 10.2 Å². The molecule has 0 amide bonds. The van der Waals surface area contributed by atoms with Crippen LogP contribution >= 0.6 is 0 Å². The fraction of sp³-hybridized carbons (Fsp3) is 0.571. The van der Waals surface area contributed by atoms with Crippen LogP contribution in [0, 0.1) is 18.3 Å². The Morgan fingerprint density at radius 2 is 1.64 bits per heavy atom. The van der Waals surface area contributed by atoms with Gasteiger partial charge >= 0.3 is 11.9 Å². The minimum Gasteiger partial charge on any atom is -0.480 e. The fourth-order valence-electron chi connectivity index (χ4n) is 1.37. The lowest BCUT2D eigenvalue weighted by atomic mass is 9.63. The average Bonchev–Trinajstić information content (AvgIpc) is 1.78. The molecule has 0 spiro atoms. The van der Waals surface area contributed by atoms with Gasteiger partial charge in [0, 0.05) is 0 Å². The Bertz CT molecular complexity index is 186. The number of hydrogen-bond donors (Lipinski definition) is 2. The maximum absolute atomic E-state index is 10.5. The van der Waals surface area contributed by atoms with Gasteiger partial charge in [0.2, 0.25) is 0 Å². The van der Waals surface area contributed by atoms with Crippen molar-refractivity contribution in [1.29, 1.82) is 0 Å². The molecule has 4 heteroatoms. The highest BCUT2D eigenvalue weighted by Gasteiger charge is 2.55. The van der Waals surface area contributed by atoms with Crippen LogP contribution in [0.1, 0.15) is 12.8 Å². The first-order valence-electron chi connectivity index (χ1n) is 3.29. The van der Waals surface area contributed by atoms with E-state index in [1.54, 1.807) is 0 Å². The van der Waals surface area contributed by atoms with Crippen molar-refractivity contribution in [2.75, 3.05) is 0 Å². The number of aliphatic carboxylic acids is 2. The number of hydrogen-bond acceptors (Lipinski definition) is 2. The van der Waals surface area contributed by atoms with E-state index in [9.17, 15) is 9.59 Å². The molecule has 4 nitrogen and oxygen atoms in total. The zero-order valence-electron chi connectivity index (χ0n) is 5.91. The van der Waals surface area contributed by atoms with E-state index in [0.29, 0.717) is 0 Å². The summed E-state index contributed by atoms with van der Waals surface area (Å²) in [6.07, 6.45) is 0.301. The molecule has 0 aromatic carbocycles. The lowest BCUT2D eigenvalue weighted by Gasteiger charge is -2.38. The molecule has 1 rings (SSSR count). The predicted octanol–water partition coefficient (Wildman–Crippen LogP) is 0.386. The van der Waals surface area contributed by atoms with E-state index in [-0.39, 0.29) is 18.8 Å². The molecule has 1 fully saturated rings. The van der Waals surface area contributed by atoms with Crippen LogP contribution in [0.4, 0.5) is 0 Å². The number of carbonyl (C=O) groups is 2. The van der Waals surface area contributed by atoms with Crippen molar-refractivity contribution in [1.82, 2.24) is 0 Å². The summed E-state index contributed by atoms with van der Waals surface area (Å²) in [7, 11) is 0. The maximum atomic E-state index is 10.5. The van der Waals surface area contributed by atoms with Crippen molar-refractivity contribution in [3.8, 4) is 0 Å². The van der Waals surface area contributed by atoms with Crippen LogP contribution in [-0.2, 0) is 9.59 Å². The SMILES string of the molecule is [CH2]C1CC(C(=O)O)(C(=O)O)C1. The molecule has 0 aliphatic heterocycles. The summed E-state index contributed by atoms with van der Waals surface area (Å²) in [6, 6.07) is 0. The second-order valence-electron chi connectivity index (χ2n) is 2.97. The number of carboxylic acid groups (broad SMARTS) is 2. The Kier molecular flexibility index (Phi) is 1.62. The summed E-state index contributed by atoms with van der Waals surface area (Å²) < 4.78 is 0. The van der Waals surface area contributed by atoms with Crippen molar-refractivity contribution in [2.24, 2.45) is 11.3 Å². The first kappa shape index (κ1) is 8.04. The largest absolute Gasteiger partial charge is 0.480 e. The Labute approximate surface area is 63.8 Å². The van der Waals surface area contributed by atoms with Gasteiger partial charge in [-0.1, -0.05) is 6.92 Å². The summed E-state index contributed by atoms with van der Waals surface area (Å²) in [5.41, 5.74) is -1.54. The molecule has 2 N–H and O–H groups in total. The van der Waals surface area contributed by atoms with Crippen molar-refractivity contribution < 1.29 is 19.8 Å². The van der Waals surface area contributed by atoms with Gasteiger partial charge in [-0.3, -0.25) is 9.59 Å². The van der Waals surface area contributed by atoms with Gasteiger partial charge in [-0.05, 0) is 18.8 Å². The van der Waals surface area contributed by atoms with Crippen molar-refractivity contribution in [3.05, 3.63) is 6.92 Å². The van der Waals surface area contributed by atoms with Crippen LogP contribution in [0.25, 0.3) is 0 Å². The standard InChI is InChI=1S/C7H9O4/c1-4-2-7(3-4,5(8)9)6(10)11/h4H,1-3H2,(H,8,9)(H,10,11). The van der Waals surface area contributed by atoms with Crippen LogP contribution in [0.5, 0.6) is 0 Å². The molecule has 0 saturated heterocycles. The van der Waals surface area contributed by atoms with Crippen LogP contribution in [-0.4, -0.2) is 22.2 Å². The molecule has 0 atom stereocenters. The fourth-order valence-corrected chi connectivity index (χ4v) is 1.37. The molecule has 1 radical (unpaired) electrons. The smallest absolute Gasteiger partial charge is 0.321 e. The summed E-state index contributed by atoms with van der Waals surface area (Å²) in [5, 5.41) is 17.1. The maximum Gasteiger partial charge on any atom is 0.321 e. The van der Waals surface area contributed by atoms with Gasteiger partial charge in [0.25, 0.3) is 0 Å². The molecule has 0 bridgehead atoms. The molecule has 0 aromatic rings. The molecule has 11 heavy (non-hydrogen) atoms. The Morgan fingerprint density at radius 1 is 1.27 bits per heavy atom. The zero-order valence-corrected chi connectivity index (χ0v) is 5.91. The third kappa shape index (κ3) is 0.982. The van der Waals surface area contributed by atoms with Crippen LogP contribution in [0.15, 0.2) is 0 Å². The molecule has 1 saturated carbocycles. The lowest BCUT2D eigenvalue weighted by Crippen LogP contribution is -2.49. The molecular formula is C7H9O4. The Hall–Kier alpha value is -1.06. The normalized spacial score (nSPS) is 22.3. The quantitative estimate of drug-likeness (QED) is 0.568. The Morgan fingerprint density at radius 3 is 1.73 bits per heavy atom. The number of rotatable bonds is 2. The average molecular weight is 157 g/mol. The van der Waals surface area contributed by atoms with E-state index < -0.39 is 17.4 Å². The highest BCUT2D eigenvalue weighted by molar-refractivity contribution is 5.99. The van der Waals surface area contributed by atoms with Crippen molar-refractivity contribution in [2.45, 2.75) is 12.8 Å². The zero-order chi connectivity index (χ0) is 8.65. The first-order valence-corrected chi connectivity index (χ1v) is 3.29. The van der Waals surface area contributed by atoms with E-state index in [4.69, 9.17) is 10.2 Å². The van der Waals surface area contributed by atoms with E-state index in [1.807, 2.05) is 0 Å². The highest BCUT2D eigenvalue weighted by atomic mass is 16.4. The van der Waals surface area contributed by atoms with Crippen molar-refractivity contribution >= 4 is 11.9 Å².